The molecule has 1 N–H and O–H groups in total. The van der Waals surface area contributed by atoms with E-state index in [1.54, 1.807) is 0 Å². The minimum absolute atomic E-state index is 0.235. The molecule has 120 valence electrons. The quantitative estimate of drug-likeness (QED) is 0.545. The van der Waals surface area contributed by atoms with E-state index in [0.29, 0.717) is 6.04 Å². The fourth-order valence-corrected chi connectivity index (χ4v) is 2.53. The molecule has 1 atom stereocenters. The number of ether oxygens (including phenoxy) is 1. The molecular formula is C19H33NO. The number of hydrogen-bond donors (Lipinski definition) is 1. The Hall–Kier alpha value is -1.02. The molecule has 0 aliphatic heterocycles. The van der Waals surface area contributed by atoms with Crippen molar-refractivity contribution in [1.29, 1.82) is 0 Å². The molecule has 1 aromatic carbocycles. The van der Waals surface area contributed by atoms with Crippen LogP contribution in [0.25, 0.3) is 0 Å². The molecule has 0 saturated heterocycles. The van der Waals surface area contributed by atoms with Gasteiger partial charge in [0.15, 0.2) is 0 Å². The van der Waals surface area contributed by atoms with E-state index in [4.69, 9.17) is 4.74 Å². The van der Waals surface area contributed by atoms with Gasteiger partial charge in [0.05, 0.1) is 6.10 Å². The van der Waals surface area contributed by atoms with Gasteiger partial charge in [-0.3, -0.25) is 0 Å². The number of nitrogens with one attached hydrogen (secondary N) is 1. The first-order chi connectivity index (χ1) is 10.2. The molecule has 0 aromatic heterocycles. The van der Waals surface area contributed by atoms with Gasteiger partial charge in [0.25, 0.3) is 0 Å². The number of benzene rings is 1. The standard InChI is InChI=1S/C19H33NO/c1-5-7-8-9-10-19(20-15-6-2)17-11-13-18(14-12-17)21-16(3)4/h11-14,16,19-20H,5-10,15H2,1-4H3. The summed E-state index contributed by atoms with van der Waals surface area (Å²) in [6.45, 7) is 9.70. The van der Waals surface area contributed by atoms with Crippen molar-refractivity contribution in [1.82, 2.24) is 5.32 Å². The van der Waals surface area contributed by atoms with Gasteiger partial charge in [-0.05, 0) is 50.9 Å². The maximum absolute atomic E-state index is 5.72. The summed E-state index contributed by atoms with van der Waals surface area (Å²) >= 11 is 0. The molecule has 0 bridgehead atoms. The van der Waals surface area contributed by atoms with Crippen LogP contribution >= 0.6 is 0 Å². The average Bonchev–Trinajstić information content (AvgIpc) is 2.47. The summed E-state index contributed by atoms with van der Waals surface area (Å²) in [5.74, 6) is 0.967. The summed E-state index contributed by atoms with van der Waals surface area (Å²) in [5.41, 5.74) is 1.39. The fraction of sp³-hybridized carbons (Fsp3) is 0.684. The Labute approximate surface area is 131 Å². The molecule has 0 spiro atoms. The summed E-state index contributed by atoms with van der Waals surface area (Å²) in [5, 5.41) is 3.68. The lowest BCUT2D eigenvalue weighted by atomic mass is 9.99. The van der Waals surface area contributed by atoms with Crippen molar-refractivity contribution in [3.8, 4) is 5.75 Å². The van der Waals surface area contributed by atoms with E-state index < -0.39 is 0 Å². The number of hydrogen-bond acceptors (Lipinski definition) is 2. The van der Waals surface area contributed by atoms with E-state index in [0.717, 1.165) is 12.3 Å². The van der Waals surface area contributed by atoms with Crippen LogP contribution in [-0.4, -0.2) is 12.6 Å². The molecule has 1 unspecified atom stereocenters. The van der Waals surface area contributed by atoms with Crippen molar-refractivity contribution in [3.63, 3.8) is 0 Å². The van der Waals surface area contributed by atoms with Crippen LogP contribution in [0.4, 0.5) is 0 Å². The first-order valence-corrected chi connectivity index (χ1v) is 8.67. The van der Waals surface area contributed by atoms with E-state index in [9.17, 15) is 0 Å². The Morgan fingerprint density at radius 3 is 2.24 bits per heavy atom. The first kappa shape index (κ1) is 18.0. The van der Waals surface area contributed by atoms with Crippen molar-refractivity contribution in [2.24, 2.45) is 0 Å². The van der Waals surface area contributed by atoms with Gasteiger partial charge in [-0.15, -0.1) is 0 Å². The SMILES string of the molecule is CCCCCCC(NCCC)c1ccc(OC(C)C)cc1. The Morgan fingerprint density at radius 1 is 0.952 bits per heavy atom. The topological polar surface area (TPSA) is 21.3 Å². The van der Waals surface area contributed by atoms with Crippen molar-refractivity contribution in [2.75, 3.05) is 6.54 Å². The fourth-order valence-electron chi connectivity index (χ4n) is 2.53. The highest BCUT2D eigenvalue weighted by atomic mass is 16.5. The third-order valence-corrected chi connectivity index (χ3v) is 3.64. The Kier molecular flexibility index (Phi) is 9.16. The molecule has 1 rings (SSSR count). The zero-order chi connectivity index (χ0) is 15.5. The molecule has 0 aliphatic carbocycles. The van der Waals surface area contributed by atoms with Gasteiger partial charge in [-0.2, -0.15) is 0 Å². The Balaban J connectivity index is 2.59. The van der Waals surface area contributed by atoms with Gasteiger partial charge >= 0.3 is 0 Å². The average molecular weight is 291 g/mol. The third-order valence-electron chi connectivity index (χ3n) is 3.64. The van der Waals surface area contributed by atoms with Crippen LogP contribution in [0.15, 0.2) is 24.3 Å². The van der Waals surface area contributed by atoms with E-state index in [-0.39, 0.29) is 6.10 Å². The number of unbranched alkanes of at least 4 members (excludes halogenated alkanes) is 3. The summed E-state index contributed by atoms with van der Waals surface area (Å²) < 4.78 is 5.72. The highest BCUT2D eigenvalue weighted by molar-refractivity contribution is 5.29. The highest BCUT2D eigenvalue weighted by Crippen LogP contribution is 2.23. The molecule has 0 fully saturated rings. The molecule has 1 aromatic rings. The predicted octanol–water partition coefficient (Wildman–Crippen LogP) is 5.48. The lowest BCUT2D eigenvalue weighted by molar-refractivity contribution is 0.242. The van der Waals surface area contributed by atoms with E-state index >= 15 is 0 Å². The predicted molar refractivity (Wildman–Crippen MR) is 92.0 cm³/mol. The second-order valence-electron chi connectivity index (χ2n) is 6.09. The summed E-state index contributed by atoms with van der Waals surface area (Å²) in [7, 11) is 0. The third kappa shape index (κ3) is 7.52. The van der Waals surface area contributed by atoms with E-state index in [1.165, 1.54) is 44.1 Å². The van der Waals surface area contributed by atoms with E-state index in [1.807, 2.05) is 0 Å². The van der Waals surface area contributed by atoms with Gasteiger partial charge < -0.3 is 10.1 Å². The van der Waals surface area contributed by atoms with Crippen molar-refractivity contribution < 1.29 is 4.74 Å². The largest absolute Gasteiger partial charge is 0.491 e. The molecule has 21 heavy (non-hydrogen) atoms. The van der Waals surface area contributed by atoms with Gasteiger partial charge in [-0.25, -0.2) is 0 Å². The minimum atomic E-state index is 0.235. The molecule has 0 radical (unpaired) electrons. The van der Waals surface area contributed by atoms with Crippen LogP contribution in [0.1, 0.15) is 77.8 Å². The molecule has 2 nitrogen and oxygen atoms in total. The van der Waals surface area contributed by atoms with Crippen LogP contribution < -0.4 is 10.1 Å². The molecule has 0 heterocycles. The molecule has 0 saturated carbocycles. The Bertz CT molecular complexity index is 358. The monoisotopic (exact) mass is 291 g/mol. The first-order valence-electron chi connectivity index (χ1n) is 8.67. The lowest BCUT2D eigenvalue weighted by Crippen LogP contribution is -2.22. The van der Waals surface area contributed by atoms with Crippen LogP contribution in [0.2, 0.25) is 0 Å². The van der Waals surface area contributed by atoms with Crippen LogP contribution in [-0.2, 0) is 0 Å². The maximum atomic E-state index is 5.72. The Morgan fingerprint density at radius 2 is 1.67 bits per heavy atom. The van der Waals surface area contributed by atoms with E-state index in [2.05, 4.69) is 57.3 Å². The normalized spacial score (nSPS) is 12.6. The van der Waals surface area contributed by atoms with Crippen LogP contribution in [0.5, 0.6) is 5.75 Å². The van der Waals surface area contributed by atoms with Gasteiger partial charge in [0.2, 0.25) is 0 Å². The summed E-state index contributed by atoms with van der Waals surface area (Å²) in [6, 6.07) is 9.11. The van der Waals surface area contributed by atoms with Crippen molar-refractivity contribution >= 4 is 0 Å². The van der Waals surface area contributed by atoms with Crippen molar-refractivity contribution in [3.05, 3.63) is 29.8 Å². The van der Waals surface area contributed by atoms with Gasteiger partial charge in [0.1, 0.15) is 5.75 Å². The van der Waals surface area contributed by atoms with Crippen molar-refractivity contribution in [2.45, 2.75) is 78.4 Å². The molecular weight excluding hydrogens is 258 g/mol. The zero-order valence-corrected chi connectivity index (χ0v) is 14.3. The lowest BCUT2D eigenvalue weighted by Gasteiger charge is -2.20. The van der Waals surface area contributed by atoms with Crippen LogP contribution in [0, 0.1) is 0 Å². The van der Waals surface area contributed by atoms with Gasteiger partial charge in [0, 0.05) is 6.04 Å². The molecule has 0 aliphatic rings. The second-order valence-corrected chi connectivity index (χ2v) is 6.09. The summed E-state index contributed by atoms with van der Waals surface area (Å²) in [6.07, 6.45) is 7.94. The minimum Gasteiger partial charge on any atom is -0.491 e. The maximum Gasteiger partial charge on any atom is 0.119 e. The number of rotatable bonds is 11. The highest BCUT2D eigenvalue weighted by Gasteiger charge is 2.10. The molecule has 2 heteroatoms. The smallest absolute Gasteiger partial charge is 0.119 e. The van der Waals surface area contributed by atoms with Crippen LogP contribution in [0.3, 0.4) is 0 Å². The summed E-state index contributed by atoms with van der Waals surface area (Å²) in [4.78, 5) is 0. The second kappa shape index (κ2) is 10.7. The zero-order valence-electron chi connectivity index (χ0n) is 14.3. The molecule has 0 amide bonds. The van der Waals surface area contributed by atoms with Gasteiger partial charge in [-0.1, -0.05) is 51.7 Å².